The summed E-state index contributed by atoms with van der Waals surface area (Å²) in [6.45, 7) is 6.02. The van der Waals surface area contributed by atoms with Crippen LogP contribution in [0.1, 0.15) is 65.2 Å². The summed E-state index contributed by atoms with van der Waals surface area (Å²) in [5, 5.41) is 0. The molecule has 0 radical (unpaired) electrons. The second-order valence-electron chi connectivity index (χ2n) is 4.84. The monoisotopic (exact) mass is 302 g/mol. The van der Waals surface area contributed by atoms with Gasteiger partial charge in [-0.15, -0.1) is 0 Å². The first kappa shape index (κ1) is 19.9. The Morgan fingerprint density at radius 3 is 1.48 bits per heavy atom. The molecule has 0 aromatic rings. The van der Waals surface area contributed by atoms with Gasteiger partial charge in [-0.3, -0.25) is 9.59 Å². The van der Waals surface area contributed by atoms with Gasteiger partial charge in [0.25, 0.3) is 0 Å². The predicted octanol–water partition coefficient (Wildman–Crippen LogP) is 3.25. The molecule has 0 spiro atoms. The Kier molecular flexibility index (Phi) is 14.5. The van der Waals surface area contributed by atoms with E-state index in [-0.39, 0.29) is 11.9 Å². The smallest absolute Gasteiger partial charge is 0.305 e. The molecule has 0 fully saturated rings. The Morgan fingerprint density at radius 2 is 1.10 bits per heavy atom. The van der Waals surface area contributed by atoms with Gasteiger partial charge in [-0.2, -0.15) is 0 Å². The Labute approximate surface area is 128 Å². The van der Waals surface area contributed by atoms with Crippen LogP contribution in [0.3, 0.4) is 0 Å². The van der Waals surface area contributed by atoms with E-state index in [1.54, 1.807) is 0 Å². The van der Waals surface area contributed by atoms with Crippen LogP contribution < -0.4 is 0 Å². The molecular weight excluding hydrogens is 272 g/mol. The lowest BCUT2D eigenvalue weighted by Gasteiger charge is -2.05. The zero-order chi connectivity index (χ0) is 15.8. The average molecular weight is 302 g/mol. The van der Waals surface area contributed by atoms with E-state index < -0.39 is 0 Å². The summed E-state index contributed by atoms with van der Waals surface area (Å²) in [5.74, 6) is -0.222. The van der Waals surface area contributed by atoms with E-state index in [9.17, 15) is 9.59 Å². The molecule has 0 saturated carbocycles. The van der Waals surface area contributed by atoms with E-state index in [0.717, 1.165) is 51.7 Å². The maximum Gasteiger partial charge on any atom is 0.305 e. The maximum absolute atomic E-state index is 11.1. The minimum absolute atomic E-state index is 0.111. The van der Waals surface area contributed by atoms with Crippen LogP contribution in [-0.2, 0) is 23.8 Å². The highest BCUT2D eigenvalue weighted by Crippen LogP contribution is 2.04. The molecule has 0 aliphatic carbocycles. The molecule has 0 saturated heterocycles. The number of ether oxygens (including phenoxy) is 3. The third-order valence-corrected chi connectivity index (χ3v) is 2.95. The Balaban J connectivity index is 3.12. The van der Waals surface area contributed by atoms with Gasteiger partial charge in [0.15, 0.2) is 0 Å². The first-order valence-electron chi connectivity index (χ1n) is 8.09. The van der Waals surface area contributed by atoms with Gasteiger partial charge in [0, 0.05) is 26.1 Å². The van der Waals surface area contributed by atoms with Gasteiger partial charge in [0.1, 0.15) is 0 Å². The minimum Gasteiger partial charge on any atom is -0.466 e. The molecule has 0 aromatic carbocycles. The molecule has 0 rings (SSSR count). The fourth-order valence-electron chi connectivity index (χ4n) is 1.87. The first-order chi connectivity index (χ1) is 10.2. The van der Waals surface area contributed by atoms with Crippen LogP contribution in [0, 0.1) is 0 Å². The van der Waals surface area contributed by atoms with Crippen molar-refractivity contribution in [3.8, 4) is 0 Å². The van der Waals surface area contributed by atoms with Crippen LogP contribution in [0.5, 0.6) is 0 Å². The summed E-state index contributed by atoms with van der Waals surface area (Å²) >= 11 is 0. The molecule has 0 atom stereocenters. The standard InChI is InChI=1S/C16H30O5/c1-3-20-15(17)11-7-5-9-13-19-14-10-6-8-12-16(18)21-4-2/h3-14H2,1-2H3. The van der Waals surface area contributed by atoms with E-state index in [1.165, 1.54) is 0 Å². The van der Waals surface area contributed by atoms with Crippen molar-refractivity contribution in [1.82, 2.24) is 0 Å². The van der Waals surface area contributed by atoms with Crippen LogP contribution in [0.25, 0.3) is 0 Å². The first-order valence-corrected chi connectivity index (χ1v) is 8.09. The molecule has 0 unspecified atom stereocenters. The lowest BCUT2D eigenvalue weighted by Crippen LogP contribution is -2.04. The van der Waals surface area contributed by atoms with Gasteiger partial charge in [-0.25, -0.2) is 0 Å². The molecule has 124 valence electrons. The molecule has 0 bridgehead atoms. The SMILES string of the molecule is CCOC(=O)CCCCCOCCCCCC(=O)OCC. The molecule has 0 N–H and O–H groups in total. The summed E-state index contributed by atoms with van der Waals surface area (Å²) in [5.41, 5.74) is 0. The largest absolute Gasteiger partial charge is 0.466 e. The fraction of sp³-hybridized carbons (Fsp3) is 0.875. The predicted molar refractivity (Wildman–Crippen MR) is 81.0 cm³/mol. The lowest BCUT2D eigenvalue weighted by molar-refractivity contribution is -0.144. The minimum atomic E-state index is -0.111. The normalized spacial score (nSPS) is 10.4. The summed E-state index contributed by atoms with van der Waals surface area (Å²) in [7, 11) is 0. The van der Waals surface area contributed by atoms with Gasteiger partial charge in [0.05, 0.1) is 13.2 Å². The van der Waals surface area contributed by atoms with Crippen molar-refractivity contribution in [2.45, 2.75) is 65.2 Å². The van der Waals surface area contributed by atoms with Crippen molar-refractivity contribution in [2.75, 3.05) is 26.4 Å². The van der Waals surface area contributed by atoms with Gasteiger partial charge >= 0.3 is 11.9 Å². The average Bonchev–Trinajstić information content (AvgIpc) is 2.45. The van der Waals surface area contributed by atoms with Crippen molar-refractivity contribution in [3.05, 3.63) is 0 Å². The van der Waals surface area contributed by atoms with Crippen LogP contribution >= 0.6 is 0 Å². The topological polar surface area (TPSA) is 61.8 Å². The molecule has 5 nitrogen and oxygen atoms in total. The van der Waals surface area contributed by atoms with Crippen molar-refractivity contribution in [1.29, 1.82) is 0 Å². The van der Waals surface area contributed by atoms with Gasteiger partial charge in [-0.05, 0) is 39.5 Å². The van der Waals surface area contributed by atoms with E-state index in [1.807, 2.05) is 13.8 Å². The molecule has 21 heavy (non-hydrogen) atoms. The highest BCUT2D eigenvalue weighted by Gasteiger charge is 2.01. The second-order valence-corrected chi connectivity index (χ2v) is 4.84. The van der Waals surface area contributed by atoms with E-state index in [2.05, 4.69) is 0 Å². The Bertz CT molecular complexity index is 239. The van der Waals surface area contributed by atoms with Crippen LogP contribution in [0.2, 0.25) is 0 Å². The summed E-state index contributed by atoms with van der Waals surface area (Å²) in [6.07, 6.45) is 6.65. The van der Waals surface area contributed by atoms with E-state index in [0.29, 0.717) is 26.1 Å². The van der Waals surface area contributed by atoms with Gasteiger partial charge in [0.2, 0.25) is 0 Å². The number of hydrogen-bond acceptors (Lipinski definition) is 5. The van der Waals surface area contributed by atoms with Gasteiger partial charge in [-0.1, -0.05) is 12.8 Å². The number of esters is 2. The van der Waals surface area contributed by atoms with Crippen molar-refractivity contribution < 1.29 is 23.8 Å². The molecule has 0 aliphatic rings. The molecule has 0 amide bonds. The third-order valence-electron chi connectivity index (χ3n) is 2.95. The van der Waals surface area contributed by atoms with Crippen LogP contribution in [-0.4, -0.2) is 38.4 Å². The summed E-state index contributed by atoms with van der Waals surface area (Å²) in [6, 6.07) is 0. The van der Waals surface area contributed by atoms with E-state index in [4.69, 9.17) is 14.2 Å². The lowest BCUT2D eigenvalue weighted by atomic mass is 10.2. The molecule has 0 heterocycles. The quantitative estimate of drug-likeness (QED) is 0.364. The van der Waals surface area contributed by atoms with E-state index >= 15 is 0 Å². The molecule has 0 aromatic heterocycles. The van der Waals surface area contributed by atoms with Crippen LogP contribution in [0.15, 0.2) is 0 Å². The summed E-state index contributed by atoms with van der Waals surface area (Å²) < 4.78 is 15.2. The highest BCUT2D eigenvalue weighted by molar-refractivity contribution is 5.69. The van der Waals surface area contributed by atoms with Gasteiger partial charge < -0.3 is 14.2 Å². The summed E-state index contributed by atoms with van der Waals surface area (Å²) in [4.78, 5) is 22.2. The van der Waals surface area contributed by atoms with Crippen molar-refractivity contribution >= 4 is 11.9 Å². The molecular formula is C16H30O5. The number of carbonyl (C=O) groups excluding carboxylic acids is 2. The second kappa shape index (κ2) is 15.3. The number of rotatable bonds is 14. The number of unbranched alkanes of at least 4 members (excludes halogenated alkanes) is 4. The Morgan fingerprint density at radius 1 is 0.667 bits per heavy atom. The zero-order valence-corrected chi connectivity index (χ0v) is 13.5. The maximum atomic E-state index is 11.1. The fourth-order valence-corrected chi connectivity index (χ4v) is 1.87. The number of carbonyl (C=O) groups is 2. The number of hydrogen-bond donors (Lipinski definition) is 0. The molecule has 0 aliphatic heterocycles. The van der Waals surface area contributed by atoms with Crippen LogP contribution in [0.4, 0.5) is 0 Å². The van der Waals surface area contributed by atoms with Crippen molar-refractivity contribution in [3.63, 3.8) is 0 Å². The highest BCUT2D eigenvalue weighted by atomic mass is 16.5. The third kappa shape index (κ3) is 15.1. The Hall–Kier alpha value is -1.10. The zero-order valence-electron chi connectivity index (χ0n) is 13.5. The molecule has 5 heteroatoms. The van der Waals surface area contributed by atoms with Crippen molar-refractivity contribution in [2.24, 2.45) is 0 Å².